The van der Waals surface area contributed by atoms with Gasteiger partial charge in [-0.1, -0.05) is 12.1 Å². The number of anilines is 1. The second-order valence-electron chi connectivity index (χ2n) is 5.37. The van der Waals surface area contributed by atoms with Crippen LogP contribution in [0.5, 0.6) is 0 Å². The average Bonchev–Trinajstić information content (AvgIpc) is 2.40. The lowest BCUT2D eigenvalue weighted by Crippen LogP contribution is -2.31. The molecule has 0 aliphatic heterocycles. The molecule has 22 heavy (non-hydrogen) atoms. The summed E-state index contributed by atoms with van der Waals surface area (Å²) in [5.41, 5.74) is 3.80. The fraction of sp³-hybridized carbons (Fsp3) is 0.235. The second-order valence-corrected chi connectivity index (χ2v) is 5.78. The van der Waals surface area contributed by atoms with E-state index in [1.807, 2.05) is 32.9 Å². The summed E-state index contributed by atoms with van der Waals surface area (Å²) in [5.74, 6) is -1.72. The number of nitrogens with one attached hydrogen (secondary N) is 2. The van der Waals surface area contributed by atoms with Crippen LogP contribution >= 0.6 is 12.2 Å². The first-order chi connectivity index (χ1) is 10.3. The lowest BCUT2D eigenvalue weighted by atomic mass is 10.1. The van der Waals surface area contributed by atoms with Crippen molar-refractivity contribution in [1.82, 2.24) is 5.32 Å². The van der Waals surface area contributed by atoms with Crippen LogP contribution < -0.4 is 10.6 Å². The smallest absolute Gasteiger partial charge is 0.171 e. The molecule has 2 aromatic rings. The van der Waals surface area contributed by atoms with E-state index in [0.29, 0.717) is 10.7 Å². The zero-order valence-electron chi connectivity index (χ0n) is 12.7. The lowest BCUT2D eigenvalue weighted by Gasteiger charge is -2.18. The van der Waals surface area contributed by atoms with Crippen molar-refractivity contribution in [1.29, 1.82) is 0 Å². The van der Waals surface area contributed by atoms with Gasteiger partial charge in [-0.3, -0.25) is 0 Å². The van der Waals surface area contributed by atoms with E-state index < -0.39 is 11.6 Å². The summed E-state index contributed by atoms with van der Waals surface area (Å²) in [7, 11) is 0. The molecule has 0 aromatic heterocycles. The Bertz CT molecular complexity index is 681. The van der Waals surface area contributed by atoms with Crippen molar-refractivity contribution in [3.63, 3.8) is 0 Å². The maximum atomic E-state index is 13.3. The molecule has 0 amide bonds. The van der Waals surface area contributed by atoms with Crippen molar-refractivity contribution in [3.05, 3.63) is 64.7 Å². The summed E-state index contributed by atoms with van der Waals surface area (Å²) >= 11 is 5.27. The van der Waals surface area contributed by atoms with Crippen LogP contribution in [-0.4, -0.2) is 5.11 Å². The summed E-state index contributed by atoms with van der Waals surface area (Å²) in [4.78, 5) is 0. The minimum atomic E-state index is -0.862. The van der Waals surface area contributed by atoms with Crippen LogP contribution in [0.15, 0.2) is 36.4 Å². The van der Waals surface area contributed by atoms with Gasteiger partial charge in [0.15, 0.2) is 16.7 Å². The Morgan fingerprint density at radius 1 is 1.00 bits per heavy atom. The molecule has 2 rings (SSSR count). The molecule has 0 fully saturated rings. The molecule has 116 valence electrons. The number of benzene rings is 2. The molecule has 5 heteroatoms. The maximum Gasteiger partial charge on any atom is 0.171 e. The van der Waals surface area contributed by atoms with E-state index in [4.69, 9.17) is 12.2 Å². The van der Waals surface area contributed by atoms with Gasteiger partial charge < -0.3 is 10.6 Å². The standard InChI is InChI=1S/C17H18F2N2S/c1-10-6-11(2)8-14(7-10)21-17(22)20-12(3)13-4-5-15(18)16(19)9-13/h4-9,12H,1-3H3,(H2,20,21,22)/t12-/m0/s1. The molecule has 0 saturated heterocycles. The first kappa shape index (κ1) is 16.4. The molecule has 2 aromatic carbocycles. The highest BCUT2D eigenvalue weighted by Crippen LogP contribution is 2.17. The second kappa shape index (κ2) is 6.83. The highest BCUT2D eigenvalue weighted by atomic mass is 32.1. The van der Waals surface area contributed by atoms with Crippen LogP contribution in [0.3, 0.4) is 0 Å². The zero-order valence-corrected chi connectivity index (χ0v) is 13.5. The van der Waals surface area contributed by atoms with Gasteiger partial charge in [-0.25, -0.2) is 8.78 Å². The van der Waals surface area contributed by atoms with E-state index in [0.717, 1.165) is 22.9 Å². The first-order valence-electron chi connectivity index (χ1n) is 6.96. The largest absolute Gasteiger partial charge is 0.356 e. The van der Waals surface area contributed by atoms with E-state index in [9.17, 15) is 8.78 Å². The Morgan fingerprint density at radius 3 is 2.23 bits per heavy atom. The first-order valence-corrected chi connectivity index (χ1v) is 7.37. The molecule has 2 N–H and O–H groups in total. The van der Waals surface area contributed by atoms with Crippen molar-refractivity contribution in [2.75, 3.05) is 5.32 Å². The van der Waals surface area contributed by atoms with Crippen molar-refractivity contribution in [2.45, 2.75) is 26.8 Å². The minimum absolute atomic E-state index is 0.235. The van der Waals surface area contributed by atoms with Crippen LogP contribution in [0.1, 0.15) is 29.7 Å². The average molecular weight is 320 g/mol. The lowest BCUT2D eigenvalue weighted by molar-refractivity contribution is 0.505. The molecule has 2 nitrogen and oxygen atoms in total. The van der Waals surface area contributed by atoms with Crippen LogP contribution in [0, 0.1) is 25.5 Å². The Morgan fingerprint density at radius 2 is 1.64 bits per heavy atom. The molecule has 0 spiro atoms. The SMILES string of the molecule is Cc1cc(C)cc(NC(=S)N[C@@H](C)c2ccc(F)c(F)c2)c1. The summed E-state index contributed by atoms with van der Waals surface area (Å²) in [6.07, 6.45) is 0. The van der Waals surface area contributed by atoms with E-state index >= 15 is 0 Å². The molecule has 0 radical (unpaired) electrons. The summed E-state index contributed by atoms with van der Waals surface area (Å²) in [5, 5.41) is 6.60. The molecule has 0 heterocycles. The van der Waals surface area contributed by atoms with Gasteiger partial charge in [0.2, 0.25) is 0 Å². The Hall–Kier alpha value is -2.01. The molecular weight excluding hydrogens is 302 g/mol. The van der Waals surface area contributed by atoms with Gasteiger partial charge in [0.25, 0.3) is 0 Å². The van der Waals surface area contributed by atoms with Crippen molar-refractivity contribution >= 4 is 23.0 Å². The highest BCUT2D eigenvalue weighted by molar-refractivity contribution is 7.80. The summed E-state index contributed by atoms with van der Waals surface area (Å²) in [6, 6.07) is 9.64. The molecule has 1 atom stereocenters. The molecule has 0 saturated carbocycles. The van der Waals surface area contributed by atoms with Gasteiger partial charge in [0.05, 0.1) is 6.04 Å². The van der Waals surface area contributed by atoms with Gasteiger partial charge in [0, 0.05) is 5.69 Å². The monoisotopic (exact) mass is 320 g/mol. The van der Waals surface area contributed by atoms with Crippen LogP contribution in [0.2, 0.25) is 0 Å². The highest BCUT2D eigenvalue weighted by Gasteiger charge is 2.10. The molecule has 0 unspecified atom stereocenters. The quantitative estimate of drug-likeness (QED) is 0.806. The van der Waals surface area contributed by atoms with E-state index in [1.54, 1.807) is 0 Å². The van der Waals surface area contributed by atoms with E-state index in [2.05, 4.69) is 16.7 Å². The predicted octanol–water partition coefficient (Wildman–Crippen LogP) is 4.63. The topological polar surface area (TPSA) is 24.1 Å². The molecule has 0 bridgehead atoms. The van der Waals surface area contributed by atoms with Crippen LogP contribution in [-0.2, 0) is 0 Å². The van der Waals surface area contributed by atoms with Crippen molar-refractivity contribution in [3.8, 4) is 0 Å². The number of halogens is 2. The van der Waals surface area contributed by atoms with E-state index in [1.165, 1.54) is 12.1 Å². The van der Waals surface area contributed by atoms with Gasteiger partial charge in [-0.05, 0) is 73.9 Å². The number of aryl methyl sites for hydroxylation is 2. The number of hydrogen-bond acceptors (Lipinski definition) is 1. The normalized spacial score (nSPS) is 11.9. The third kappa shape index (κ3) is 4.24. The van der Waals surface area contributed by atoms with Crippen molar-refractivity contribution in [2.24, 2.45) is 0 Å². The van der Waals surface area contributed by atoms with Gasteiger partial charge in [-0.2, -0.15) is 0 Å². The maximum absolute atomic E-state index is 13.3. The fourth-order valence-electron chi connectivity index (χ4n) is 2.28. The number of hydrogen-bond donors (Lipinski definition) is 2. The summed E-state index contributed by atoms with van der Waals surface area (Å²) < 4.78 is 26.2. The zero-order chi connectivity index (χ0) is 16.3. The fourth-order valence-corrected chi connectivity index (χ4v) is 2.57. The van der Waals surface area contributed by atoms with Crippen molar-refractivity contribution < 1.29 is 8.78 Å². The Labute approximate surface area is 134 Å². The molecular formula is C17H18F2N2S. The molecule has 0 aliphatic carbocycles. The van der Waals surface area contributed by atoms with Gasteiger partial charge in [-0.15, -0.1) is 0 Å². The third-order valence-electron chi connectivity index (χ3n) is 3.27. The Kier molecular flexibility index (Phi) is 5.08. The third-order valence-corrected chi connectivity index (χ3v) is 3.49. The predicted molar refractivity (Wildman–Crippen MR) is 90.0 cm³/mol. The Balaban J connectivity index is 2.03. The number of rotatable bonds is 3. The van der Waals surface area contributed by atoms with Crippen LogP contribution in [0.25, 0.3) is 0 Å². The minimum Gasteiger partial charge on any atom is -0.356 e. The van der Waals surface area contributed by atoms with Gasteiger partial charge in [0.1, 0.15) is 0 Å². The van der Waals surface area contributed by atoms with Crippen LogP contribution in [0.4, 0.5) is 14.5 Å². The van der Waals surface area contributed by atoms with E-state index in [-0.39, 0.29) is 6.04 Å². The summed E-state index contributed by atoms with van der Waals surface area (Å²) in [6.45, 7) is 5.86. The number of thiocarbonyl (C=S) groups is 1. The van der Waals surface area contributed by atoms with Gasteiger partial charge >= 0.3 is 0 Å². The molecule has 0 aliphatic rings.